The van der Waals surface area contributed by atoms with Crippen molar-refractivity contribution in [3.05, 3.63) is 101 Å². The molecule has 4 rings (SSSR count). The van der Waals surface area contributed by atoms with Gasteiger partial charge < -0.3 is 19.8 Å². The van der Waals surface area contributed by atoms with E-state index in [0.717, 1.165) is 29.6 Å². The van der Waals surface area contributed by atoms with Crippen molar-refractivity contribution in [2.45, 2.75) is 13.0 Å². The molecule has 9 heteroatoms. The van der Waals surface area contributed by atoms with Crippen LogP contribution in [0.5, 0.6) is 11.5 Å². The van der Waals surface area contributed by atoms with Gasteiger partial charge in [0.15, 0.2) is 11.5 Å². The van der Waals surface area contributed by atoms with Crippen molar-refractivity contribution in [1.29, 1.82) is 0 Å². The molecule has 0 radical (unpaired) electrons. The van der Waals surface area contributed by atoms with Crippen LogP contribution in [0.2, 0.25) is 0 Å². The number of para-hydroxylation sites is 1. The van der Waals surface area contributed by atoms with E-state index in [1.807, 2.05) is 36.4 Å². The van der Waals surface area contributed by atoms with Crippen LogP contribution in [-0.4, -0.2) is 60.8 Å². The fraction of sp³-hybridized carbons (Fsp3) is 0.226. The van der Waals surface area contributed by atoms with E-state index in [-0.39, 0.29) is 5.91 Å². The molecular weight excluding hydrogens is 508 g/mol. The van der Waals surface area contributed by atoms with E-state index in [9.17, 15) is 9.59 Å². The molecule has 0 saturated heterocycles. The van der Waals surface area contributed by atoms with Crippen LogP contribution in [0.4, 0.5) is 0 Å². The maximum atomic E-state index is 12.8. The largest absolute Gasteiger partial charge is 0.493 e. The average molecular weight is 543 g/mol. The van der Waals surface area contributed by atoms with E-state index in [0.29, 0.717) is 36.7 Å². The van der Waals surface area contributed by atoms with Gasteiger partial charge in [-0.3, -0.25) is 19.7 Å². The Hall–Kier alpha value is -4.60. The maximum absolute atomic E-state index is 12.8. The number of carbonyl (C=O) groups excluding carboxylic acids is 2. The van der Waals surface area contributed by atoms with Gasteiger partial charge in [-0.15, -0.1) is 0 Å². The Morgan fingerprint density at radius 2 is 1.75 bits per heavy atom. The zero-order chi connectivity index (χ0) is 28.3. The summed E-state index contributed by atoms with van der Waals surface area (Å²) in [6.45, 7) is 2.61. The molecule has 4 N–H and O–H groups in total. The minimum Gasteiger partial charge on any atom is -0.493 e. The van der Waals surface area contributed by atoms with Crippen LogP contribution in [0.15, 0.2) is 79.0 Å². The summed E-state index contributed by atoms with van der Waals surface area (Å²) in [5.74, 6) is 0.315. The van der Waals surface area contributed by atoms with E-state index >= 15 is 0 Å². The molecule has 40 heavy (non-hydrogen) atoms. The third-order valence-corrected chi connectivity index (χ3v) is 6.65. The lowest BCUT2D eigenvalue weighted by atomic mass is 10.1. The molecule has 0 saturated carbocycles. The summed E-state index contributed by atoms with van der Waals surface area (Å²) >= 11 is 0. The van der Waals surface area contributed by atoms with Crippen LogP contribution < -0.4 is 20.3 Å². The fourth-order valence-corrected chi connectivity index (χ4v) is 4.50. The minimum absolute atomic E-state index is 0.180. The zero-order valence-corrected chi connectivity index (χ0v) is 22.6. The average Bonchev–Trinajstić information content (AvgIpc) is 3.41. The van der Waals surface area contributed by atoms with Crippen LogP contribution in [0.1, 0.15) is 27.0 Å². The lowest BCUT2D eigenvalue weighted by Gasteiger charge is -2.23. The smallest absolute Gasteiger partial charge is 0.267 e. The van der Waals surface area contributed by atoms with Gasteiger partial charge in [0, 0.05) is 54.9 Å². The number of H-pyrrole nitrogens is 1. The van der Waals surface area contributed by atoms with Crippen LogP contribution in [0.25, 0.3) is 17.0 Å². The molecule has 0 spiro atoms. The summed E-state index contributed by atoms with van der Waals surface area (Å²) in [5, 5.41) is 12.9. The zero-order valence-electron chi connectivity index (χ0n) is 22.6. The highest BCUT2D eigenvalue weighted by Gasteiger charge is 2.13. The quantitative estimate of drug-likeness (QED) is 0.114. The highest BCUT2D eigenvalue weighted by molar-refractivity contribution is 5.95. The number of nitrogens with zero attached hydrogens (tertiary/aromatic N) is 1. The molecular formula is C31H34N4O5. The van der Waals surface area contributed by atoms with Gasteiger partial charge in [-0.1, -0.05) is 42.5 Å². The van der Waals surface area contributed by atoms with Crippen molar-refractivity contribution in [1.82, 2.24) is 20.7 Å². The summed E-state index contributed by atoms with van der Waals surface area (Å²) in [7, 11) is 3.10. The maximum Gasteiger partial charge on any atom is 0.267 e. The number of rotatable bonds is 13. The number of aromatic amines is 1. The molecule has 208 valence electrons. The van der Waals surface area contributed by atoms with Crippen molar-refractivity contribution in [2.24, 2.45) is 0 Å². The van der Waals surface area contributed by atoms with Crippen LogP contribution in [0.3, 0.4) is 0 Å². The normalized spacial score (nSPS) is 11.2. The second-order valence-electron chi connectivity index (χ2n) is 9.26. The second-order valence-corrected chi connectivity index (χ2v) is 9.26. The van der Waals surface area contributed by atoms with E-state index in [4.69, 9.17) is 14.7 Å². The van der Waals surface area contributed by atoms with Gasteiger partial charge in [-0.2, -0.15) is 0 Å². The van der Waals surface area contributed by atoms with Crippen LogP contribution >= 0.6 is 0 Å². The number of nitrogens with one attached hydrogen (secondary N) is 3. The molecule has 0 unspecified atom stereocenters. The second kappa shape index (κ2) is 14.0. The predicted octanol–water partition coefficient (Wildman–Crippen LogP) is 4.18. The first-order valence-corrected chi connectivity index (χ1v) is 13.0. The van der Waals surface area contributed by atoms with E-state index in [1.165, 1.54) is 17.0 Å². The van der Waals surface area contributed by atoms with Crippen molar-refractivity contribution in [3.8, 4) is 11.5 Å². The Morgan fingerprint density at radius 1 is 0.975 bits per heavy atom. The Bertz CT molecular complexity index is 1460. The Labute approximate surface area is 233 Å². The van der Waals surface area contributed by atoms with E-state index in [1.54, 1.807) is 44.0 Å². The highest BCUT2D eigenvalue weighted by Crippen LogP contribution is 2.27. The van der Waals surface area contributed by atoms with Gasteiger partial charge in [-0.25, -0.2) is 5.48 Å². The molecule has 0 aliphatic rings. The van der Waals surface area contributed by atoms with Crippen molar-refractivity contribution < 1.29 is 24.3 Å². The molecule has 0 aliphatic carbocycles. The van der Waals surface area contributed by atoms with Gasteiger partial charge in [0.05, 0.1) is 14.2 Å². The molecule has 1 aromatic heterocycles. The van der Waals surface area contributed by atoms with Gasteiger partial charge in [-0.05, 0) is 53.5 Å². The van der Waals surface area contributed by atoms with Crippen molar-refractivity contribution in [2.75, 3.05) is 33.9 Å². The Morgan fingerprint density at radius 3 is 2.50 bits per heavy atom. The van der Waals surface area contributed by atoms with Gasteiger partial charge in [0.1, 0.15) is 0 Å². The fourth-order valence-electron chi connectivity index (χ4n) is 4.50. The molecule has 9 nitrogen and oxygen atoms in total. The standard InChI is InChI=1S/C31H34N4O5/c1-39-28-13-12-24(19-29(28)40-2)31(37)32-16-18-35(17-15-25-20-33-27-6-4-3-5-26(25)27)21-23-9-7-22(8-10-23)11-14-30(36)34-38/h3-14,19-20,33,38H,15-18,21H2,1-2H3,(H,32,37)(H,34,36)/b14-11+. The molecule has 4 aromatic rings. The number of hydrogen-bond acceptors (Lipinski definition) is 6. The highest BCUT2D eigenvalue weighted by atomic mass is 16.5. The number of amides is 2. The number of fused-ring (bicyclic) bond motifs is 1. The third-order valence-electron chi connectivity index (χ3n) is 6.65. The first-order valence-electron chi connectivity index (χ1n) is 13.0. The number of aromatic nitrogens is 1. The van der Waals surface area contributed by atoms with Gasteiger partial charge in [0.25, 0.3) is 11.8 Å². The van der Waals surface area contributed by atoms with Crippen molar-refractivity contribution in [3.63, 3.8) is 0 Å². The molecule has 0 bridgehead atoms. The number of methoxy groups -OCH3 is 2. The predicted molar refractivity (Wildman–Crippen MR) is 155 cm³/mol. The van der Waals surface area contributed by atoms with Gasteiger partial charge in [0.2, 0.25) is 0 Å². The number of hydroxylamine groups is 1. The van der Waals surface area contributed by atoms with E-state index < -0.39 is 5.91 Å². The lowest BCUT2D eigenvalue weighted by Crippen LogP contribution is -2.35. The number of carbonyl (C=O) groups is 2. The minimum atomic E-state index is -0.581. The molecule has 1 heterocycles. The molecule has 0 fully saturated rings. The van der Waals surface area contributed by atoms with Crippen LogP contribution in [0, 0.1) is 0 Å². The summed E-state index contributed by atoms with van der Waals surface area (Å²) in [6.07, 6.45) is 5.81. The van der Waals surface area contributed by atoms with Crippen LogP contribution in [-0.2, 0) is 17.8 Å². The summed E-state index contributed by atoms with van der Waals surface area (Å²) < 4.78 is 10.6. The molecule has 2 amide bonds. The Kier molecular flexibility index (Phi) is 9.93. The number of hydrogen-bond donors (Lipinski definition) is 4. The first kappa shape index (κ1) is 28.4. The van der Waals surface area contributed by atoms with Gasteiger partial charge >= 0.3 is 0 Å². The molecule has 3 aromatic carbocycles. The lowest BCUT2D eigenvalue weighted by molar-refractivity contribution is -0.124. The SMILES string of the molecule is COc1ccc(C(=O)NCCN(CCc2c[nH]c3ccccc23)Cc2ccc(/C=C/C(=O)NO)cc2)cc1OC. The summed E-state index contributed by atoms with van der Waals surface area (Å²) in [5.41, 5.74) is 6.40. The molecule has 0 aliphatic heterocycles. The van der Waals surface area contributed by atoms with Crippen molar-refractivity contribution >= 4 is 28.8 Å². The Balaban J connectivity index is 1.41. The topological polar surface area (TPSA) is 116 Å². The number of ether oxygens (including phenoxy) is 2. The summed E-state index contributed by atoms with van der Waals surface area (Å²) in [6, 6.07) is 21.2. The number of benzene rings is 3. The monoisotopic (exact) mass is 542 g/mol. The summed E-state index contributed by atoms with van der Waals surface area (Å²) in [4.78, 5) is 29.7. The first-order chi connectivity index (χ1) is 19.5. The van der Waals surface area contributed by atoms with E-state index in [2.05, 4.69) is 33.5 Å². The third kappa shape index (κ3) is 7.49. The molecule has 0 atom stereocenters.